The monoisotopic (exact) mass is 329 g/mol. The third-order valence-electron chi connectivity index (χ3n) is 4.26. The Balaban J connectivity index is 2.55. The Morgan fingerprint density at radius 3 is 1.65 bits per heavy atom. The first-order chi connectivity index (χ1) is 11.1. The molecule has 1 atom stereocenters. The van der Waals surface area contributed by atoms with Gasteiger partial charge in [-0.3, -0.25) is 4.79 Å². The van der Waals surface area contributed by atoms with Crippen LogP contribution in [-0.2, 0) is 9.36 Å². The van der Waals surface area contributed by atoms with E-state index in [9.17, 15) is 9.36 Å². The Kier molecular flexibility index (Phi) is 5.79. The maximum atomic E-state index is 14.0. The highest BCUT2D eigenvalue weighted by Crippen LogP contribution is 2.49. The maximum Gasteiger partial charge on any atom is 0.233 e. The van der Waals surface area contributed by atoms with E-state index >= 15 is 0 Å². The summed E-state index contributed by atoms with van der Waals surface area (Å²) in [4.78, 5) is 14.6. The summed E-state index contributed by atoms with van der Waals surface area (Å²) in [6.07, 6.45) is 0. The molecule has 0 N–H and O–H groups in total. The van der Waals surface area contributed by atoms with Crippen LogP contribution < -0.4 is 10.6 Å². The lowest BCUT2D eigenvalue weighted by Crippen LogP contribution is -2.40. The zero-order valence-electron chi connectivity index (χ0n) is 14.0. The van der Waals surface area contributed by atoms with Crippen LogP contribution in [0.3, 0.4) is 0 Å². The van der Waals surface area contributed by atoms with Gasteiger partial charge in [0.25, 0.3) is 0 Å². The maximum absolute atomic E-state index is 14.0. The van der Waals surface area contributed by atoms with Gasteiger partial charge >= 0.3 is 0 Å². The van der Waals surface area contributed by atoms with Crippen LogP contribution in [0.1, 0.15) is 20.8 Å². The van der Waals surface area contributed by atoms with Gasteiger partial charge < -0.3 is 9.46 Å². The molecule has 2 aromatic carbocycles. The van der Waals surface area contributed by atoms with Crippen LogP contribution in [-0.4, -0.2) is 29.6 Å². The van der Waals surface area contributed by atoms with E-state index in [2.05, 4.69) is 0 Å². The summed E-state index contributed by atoms with van der Waals surface area (Å²) in [5.41, 5.74) is -0.577. The van der Waals surface area contributed by atoms with E-state index in [0.29, 0.717) is 13.1 Å². The van der Waals surface area contributed by atoms with Crippen LogP contribution in [0.4, 0.5) is 0 Å². The number of carbonyl (C=O) groups is 1. The number of hydrogen-bond donors (Lipinski definition) is 0. The Labute approximate surface area is 138 Å². The molecule has 1 amide bonds. The molecule has 122 valence electrons. The molecule has 0 spiro atoms. The zero-order valence-corrected chi connectivity index (χ0v) is 14.9. The summed E-state index contributed by atoms with van der Waals surface area (Å²) >= 11 is 0. The van der Waals surface area contributed by atoms with Crippen molar-refractivity contribution >= 4 is 23.7 Å². The van der Waals surface area contributed by atoms with Gasteiger partial charge in [0.15, 0.2) is 7.14 Å². The molecule has 0 bridgehead atoms. The first-order valence-corrected chi connectivity index (χ1v) is 9.83. The number of benzene rings is 2. The Bertz CT molecular complexity index is 638. The van der Waals surface area contributed by atoms with Gasteiger partial charge in [-0.2, -0.15) is 0 Å². The summed E-state index contributed by atoms with van der Waals surface area (Å²) in [6, 6.07) is 18.7. The van der Waals surface area contributed by atoms with Crippen LogP contribution >= 0.6 is 7.14 Å². The predicted molar refractivity (Wildman–Crippen MR) is 97.1 cm³/mol. The molecule has 2 rings (SSSR count). The van der Waals surface area contributed by atoms with Gasteiger partial charge in [0, 0.05) is 23.7 Å². The van der Waals surface area contributed by atoms with Gasteiger partial charge in [0.05, 0.1) is 5.66 Å². The van der Waals surface area contributed by atoms with E-state index in [-0.39, 0.29) is 5.91 Å². The minimum absolute atomic E-state index is 0.0500. The van der Waals surface area contributed by atoms with E-state index < -0.39 is 12.8 Å². The third kappa shape index (κ3) is 3.40. The molecule has 0 aliphatic heterocycles. The quantitative estimate of drug-likeness (QED) is 0.763. The molecule has 23 heavy (non-hydrogen) atoms. The van der Waals surface area contributed by atoms with Crippen molar-refractivity contribution < 1.29 is 9.36 Å². The highest BCUT2D eigenvalue weighted by molar-refractivity contribution is 7.80. The average Bonchev–Trinajstić information content (AvgIpc) is 2.62. The largest absolute Gasteiger partial charge is 0.343 e. The average molecular weight is 329 g/mol. The predicted octanol–water partition coefficient (Wildman–Crippen LogP) is 3.26. The van der Waals surface area contributed by atoms with Gasteiger partial charge in [-0.1, -0.05) is 60.7 Å². The first kappa shape index (κ1) is 17.5. The zero-order chi connectivity index (χ0) is 16.9. The van der Waals surface area contributed by atoms with Gasteiger partial charge in [-0.15, -0.1) is 0 Å². The van der Waals surface area contributed by atoms with Crippen molar-refractivity contribution in [1.29, 1.82) is 0 Å². The minimum Gasteiger partial charge on any atom is -0.343 e. The van der Waals surface area contributed by atoms with Gasteiger partial charge in [-0.25, -0.2) is 0 Å². The van der Waals surface area contributed by atoms with Crippen LogP contribution in [0.15, 0.2) is 60.7 Å². The molecule has 0 saturated carbocycles. The second kappa shape index (κ2) is 7.61. The Morgan fingerprint density at radius 1 is 0.913 bits per heavy atom. The van der Waals surface area contributed by atoms with E-state index in [1.807, 2.05) is 74.5 Å². The van der Waals surface area contributed by atoms with Crippen molar-refractivity contribution in [3.05, 3.63) is 60.7 Å². The third-order valence-corrected chi connectivity index (χ3v) is 7.70. The number of rotatable bonds is 6. The van der Waals surface area contributed by atoms with Crippen LogP contribution in [0.5, 0.6) is 0 Å². The molecule has 0 saturated heterocycles. The lowest BCUT2D eigenvalue weighted by Gasteiger charge is -2.29. The minimum atomic E-state index is -3.04. The van der Waals surface area contributed by atoms with Crippen molar-refractivity contribution in [2.45, 2.75) is 26.4 Å². The van der Waals surface area contributed by atoms with E-state index in [0.717, 1.165) is 10.6 Å². The summed E-state index contributed by atoms with van der Waals surface area (Å²) < 4.78 is 14.0. The molecule has 0 heterocycles. The van der Waals surface area contributed by atoms with E-state index in [4.69, 9.17) is 0 Å². The van der Waals surface area contributed by atoms with Crippen LogP contribution in [0, 0.1) is 0 Å². The SMILES string of the molecule is CCN(CC)C(=O)C(C)P(=O)(c1ccccc1)c1ccccc1. The first-order valence-electron chi connectivity index (χ1n) is 8.05. The number of amides is 1. The highest BCUT2D eigenvalue weighted by Gasteiger charge is 2.39. The molecule has 4 heteroatoms. The second-order valence-electron chi connectivity index (χ2n) is 5.52. The fraction of sp³-hybridized carbons (Fsp3) is 0.316. The van der Waals surface area contributed by atoms with Crippen molar-refractivity contribution in [2.24, 2.45) is 0 Å². The molecule has 0 aromatic heterocycles. The summed E-state index contributed by atoms with van der Waals surface area (Å²) in [5.74, 6) is -0.0500. The van der Waals surface area contributed by atoms with E-state index in [1.165, 1.54) is 0 Å². The Morgan fingerprint density at radius 2 is 1.30 bits per heavy atom. The number of nitrogens with zero attached hydrogens (tertiary/aromatic N) is 1. The van der Waals surface area contributed by atoms with Gasteiger partial charge in [0.2, 0.25) is 5.91 Å². The summed E-state index contributed by atoms with van der Waals surface area (Å²) in [5, 5.41) is 1.47. The van der Waals surface area contributed by atoms with Crippen LogP contribution in [0.25, 0.3) is 0 Å². The summed E-state index contributed by atoms with van der Waals surface area (Å²) in [7, 11) is -3.04. The van der Waals surface area contributed by atoms with Crippen molar-refractivity contribution in [2.75, 3.05) is 13.1 Å². The number of carbonyl (C=O) groups excluding carboxylic acids is 1. The lowest BCUT2D eigenvalue weighted by molar-refractivity contribution is -0.130. The molecule has 2 aromatic rings. The van der Waals surface area contributed by atoms with Crippen molar-refractivity contribution in [1.82, 2.24) is 4.90 Å². The van der Waals surface area contributed by atoms with E-state index in [1.54, 1.807) is 11.8 Å². The van der Waals surface area contributed by atoms with Gasteiger partial charge in [0.1, 0.15) is 0 Å². The topological polar surface area (TPSA) is 37.4 Å². The molecular weight excluding hydrogens is 305 g/mol. The van der Waals surface area contributed by atoms with Crippen molar-refractivity contribution in [3.8, 4) is 0 Å². The number of hydrogen-bond acceptors (Lipinski definition) is 2. The fourth-order valence-electron chi connectivity index (χ4n) is 2.85. The molecule has 0 aliphatic carbocycles. The second-order valence-corrected chi connectivity index (χ2v) is 8.64. The molecule has 0 fully saturated rings. The molecule has 0 radical (unpaired) electrons. The van der Waals surface area contributed by atoms with Crippen molar-refractivity contribution in [3.63, 3.8) is 0 Å². The smallest absolute Gasteiger partial charge is 0.233 e. The molecule has 0 aliphatic rings. The fourth-order valence-corrected chi connectivity index (χ4v) is 5.75. The normalized spacial score (nSPS) is 12.7. The molecule has 3 nitrogen and oxygen atoms in total. The Hall–Kier alpha value is -1.86. The lowest BCUT2D eigenvalue weighted by atomic mass is 10.3. The standard InChI is InChI=1S/C19H24NO2P/c1-4-20(5-2)19(21)16(3)23(22,17-12-8-6-9-13-17)18-14-10-7-11-15-18/h6-16H,4-5H2,1-3H3. The van der Waals surface area contributed by atoms with Gasteiger partial charge in [-0.05, 0) is 20.8 Å². The highest BCUT2D eigenvalue weighted by atomic mass is 31.2. The molecular formula is C19H24NO2P. The summed E-state index contributed by atoms with van der Waals surface area (Å²) in [6.45, 7) is 6.95. The molecule has 1 unspecified atom stereocenters. The van der Waals surface area contributed by atoms with Crippen LogP contribution in [0.2, 0.25) is 0 Å².